The zero-order chi connectivity index (χ0) is 22.4. The third kappa shape index (κ3) is 5.98. The van der Waals surface area contributed by atoms with Gasteiger partial charge in [-0.3, -0.25) is 4.79 Å². The maximum atomic E-state index is 13.0. The van der Waals surface area contributed by atoms with E-state index in [1.54, 1.807) is 12.1 Å². The molecule has 0 aliphatic carbocycles. The Morgan fingerprint density at radius 1 is 1.13 bits per heavy atom. The van der Waals surface area contributed by atoms with Gasteiger partial charge in [-0.05, 0) is 63.1 Å². The van der Waals surface area contributed by atoms with E-state index in [2.05, 4.69) is 5.32 Å². The summed E-state index contributed by atoms with van der Waals surface area (Å²) in [6.07, 6.45) is 1.30. The van der Waals surface area contributed by atoms with Gasteiger partial charge in [0.05, 0.1) is 24.0 Å². The van der Waals surface area contributed by atoms with E-state index < -0.39 is 10.0 Å². The molecular formula is C23H30N2O5S. The van der Waals surface area contributed by atoms with Gasteiger partial charge in [0.25, 0.3) is 0 Å². The fraction of sp³-hybridized carbons (Fsp3) is 0.435. The van der Waals surface area contributed by atoms with Crippen molar-refractivity contribution in [2.45, 2.75) is 37.6 Å². The Hall–Kier alpha value is -2.58. The molecule has 0 aromatic heterocycles. The fourth-order valence-electron chi connectivity index (χ4n) is 3.53. The van der Waals surface area contributed by atoms with Crippen LogP contribution in [0.3, 0.4) is 0 Å². The maximum absolute atomic E-state index is 13.0. The topological polar surface area (TPSA) is 84.9 Å². The summed E-state index contributed by atoms with van der Waals surface area (Å²) >= 11 is 0. The number of rotatable bonds is 8. The average molecular weight is 447 g/mol. The summed E-state index contributed by atoms with van der Waals surface area (Å²) in [6, 6.07) is 13.8. The van der Waals surface area contributed by atoms with E-state index in [1.807, 2.05) is 38.1 Å². The maximum Gasteiger partial charge on any atom is 0.243 e. The van der Waals surface area contributed by atoms with Gasteiger partial charge in [0.2, 0.25) is 15.9 Å². The second-order valence-corrected chi connectivity index (χ2v) is 9.85. The smallest absolute Gasteiger partial charge is 0.243 e. The van der Waals surface area contributed by atoms with Gasteiger partial charge in [-0.25, -0.2) is 8.42 Å². The summed E-state index contributed by atoms with van der Waals surface area (Å²) in [6.45, 7) is 4.81. The van der Waals surface area contributed by atoms with Gasteiger partial charge in [0, 0.05) is 13.1 Å². The molecule has 3 rings (SSSR count). The number of methoxy groups -OCH3 is 1. The summed E-state index contributed by atoms with van der Waals surface area (Å²) in [7, 11) is -2.13. The normalized spacial score (nSPS) is 18.2. The molecule has 2 atom stereocenters. The summed E-state index contributed by atoms with van der Waals surface area (Å²) in [5, 5.41) is 2.96. The highest BCUT2D eigenvalue weighted by molar-refractivity contribution is 7.89. The monoisotopic (exact) mass is 446 g/mol. The van der Waals surface area contributed by atoms with Gasteiger partial charge in [0.15, 0.2) is 0 Å². The van der Waals surface area contributed by atoms with Crippen molar-refractivity contribution in [3.8, 4) is 11.5 Å². The number of benzene rings is 2. The summed E-state index contributed by atoms with van der Waals surface area (Å²) < 4.78 is 38.2. The first kappa shape index (κ1) is 23.1. The first-order valence-electron chi connectivity index (χ1n) is 10.4. The summed E-state index contributed by atoms with van der Waals surface area (Å²) in [5.41, 5.74) is 1.15. The molecule has 1 saturated heterocycles. The second-order valence-electron chi connectivity index (χ2n) is 7.91. The van der Waals surface area contributed by atoms with Gasteiger partial charge in [-0.15, -0.1) is 0 Å². The van der Waals surface area contributed by atoms with Crippen LogP contribution in [0.15, 0.2) is 53.4 Å². The molecule has 1 heterocycles. The Morgan fingerprint density at radius 3 is 2.42 bits per heavy atom. The predicted octanol–water partition coefficient (Wildman–Crippen LogP) is 2.99. The Kier molecular flexibility index (Phi) is 7.56. The van der Waals surface area contributed by atoms with Crippen molar-refractivity contribution in [2.24, 2.45) is 5.92 Å². The van der Waals surface area contributed by atoms with Crippen LogP contribution in [0.25, 0.3) is 0 Å². The number of piperidine rings is 1. The highest BCUT2D eigenvalue weighted by atomic mass is 32.2. The molecule has 0 unspecified atom stereocenters. The number of carbonyl (C=O) groups excluding carboxylic acids is 1. The van der Waals surface area contributed by atoms with Crippen molar-refractivity contribution in [3.63, 3.8) is 0 Å². The lowest BCUT2D eigenvalue weighted by Crippen LogP contribution is -2.48. The molecule has 168 valence electrons. The van der Waals surface area contributed by atoms with Crippen LogP contribution in [0.2, 0.25) is 0 Å². The van der Waals surface area contributed by atoms with Crippen molar-refractivity contribution in [1.82, 2.24) is 9.62 Å². The number of carbonyl (C=O) groups is 1. The van der Waals surface area contributed by atoms with Crippen molar-refractivity contribution < 1.29 is 22.7 Å². The van der Waals surface area contributed by atoms with E-state index in [0.29, 0.717) is 31.7 Å². The Bertz CT molecular complexity index is 974. The fourth-order valence-corrected chi connectivity index (χ4v) is 5.05. The number of aryl methyl sites for hydroxylation is 1. The number of ether oxygens (including phenoxy) is 2. The van der Waals surface area contributed by atoms with Crippen LogP contribution in [0.1, 0.15) is 25.3 Å². The molecular weight excluding hydrogens is 416 g/mol. The number of sulfonamides is 1. The molecule has 0 spiro atoms. The molecule has 0 saturated carbocycles. The molecule has 2 aromatic rings. The molecule has 1 aliphatic heterocycles. The third-order valence-corrected chi connectivity index (χ3v) is 7.24. The molecule has 2 aromatic carbocycles. The Balaban J connectivity index is 1.56. The lowest BCUT2D eigenvalue weighted by atomic mass is 9.98. The van der Waals surface area contributed by atoms with Crippen molar-refractivity contribution in [3.05, 3.63) is 54.1 Å². The lowest BCUT2D eigenvalue weighted by molar-refractivity contribution is -0.126. The standard InChI is InChI=1S/C23H30N2O5S/c1-17-6-8-21(9-7-17)30-16-18(2)24-23(26)19-5-4-14-25(15-19)31(27,28)22-12-10-20(29-3)11-13-22/h6-13,18-19H,4-5,14-16H2,1-3H3,(H,24,26)/t18-,19-/m1/s1. The second kappa shape index (κ2) is 10.2. The first-order valence-corrected chi connectivity index (χ1v) is 11.9. The van der Waals surface area contributed by atoms with Gasteiger partial charge in [0.1, 0.15) is 18.1 Å². The highest BCUT2D eigenvalue weighted by Gasteiger charge is 2.33. The number of nitrogens with zero attached hydrogens (tertiary/aromatic N) is 1. The molecule has 0 radical (unpaired) electrons. The number of hydrogen-bond acceptors (Lipinski definition) is 5. The zero-order valence-electron chi connectivity index (χ0n) is 18.2. The van der Waals surface area contributed by atoms with Crippen LogP contribution in [0.5, 0.6) is 11.5 Å². The van der Waals surface area contributed by atoms with E-state index in [0.717, 1.165) is 11.3 Å². The molecule has 1 fully saturated rings. The van der Waals surface area contributed by atoms with Gasteiger partial charge in [-0.2, -0.15) is 4.31 Å². The van der Waals surface area contributed by atoms with E-state index in [-0.39, 0.29) is 29.3 Å². The van der Waals surface area contributed by atoms with E-state index in [9.17, 15) is 13.2 Å². The average Bonchev–Trinajstić information content (AvgIpc) is 2.78. The summed E-state index contributed by atoms with van der Waals surface area (Å²) in [5.74, 6) is 0.816. The molecule has 0 bridgehead atoms. The molecule has 1 aliphatic rings. The van der Waals surface area contributed by atoms with Crippen molar-refractivity contribution >= 4 is 15.9 Å². The first-order chi connectivity index (χ1) is 14.8. The van der Waals surface area contributed by atoms with E-state index >= 15 is 0 Å². The zero-order valence-corrected chi connectivity index (χ0v) is 19.0. The van der Waals surface area contributed by atoms with E-state index in [1.165, 1.54) is 23.5 Å². The van der Waals surface area contributed by atoms with Crippen LogP contribution in [-0.2, 0) is 14.8 Å². The molecule has 1 N–H and O–H groups in total. The van der Waals surface area contributed by atoms with Gasteiger partial charge in [-0.1, -0.05) is 17.7 Å². The molecule has 31 heavy (non-hydrogen) atoms. The molecule has 7 nitrogen and oxygen atoms in total. The van der Waals surface area contributed by atoms with Crippen LogP contribution in [-0.4, -0.2) is 51.5 Å². The minimum Gasteiger partial charge on any atom is -0.497 e. The SMILES string of the molecule is COc1ccc(S(=O)(=O)N2CCC[C@@H](C(=O)N[C@H](C)COc3ccc(C)cc3)C2)cc1. The molecule has 1 amide bonds. The Labute approximate surface area is 184 Å². The highest BCUT2D eigenvalue weighted by Crippen LogP contribution is 2.25. The van der Waals surface area contributed by atoms with Gasteiger partial charge >= 0.3 is 0 Å². The van der Waals surface area contributed by atoms with Gasteiger partial charge < -0.3 is 14.8 Å². The van der Waals surface area contributed by atoms with E-state index in [4.69, 9.17) is 9.47 Å². The van der Waals surface area contributed by atoms with Crippen molar-refractivity contribution in [1.29, 1.82) is 0 Å². The minimum absolute atomic E-state index is 0.144. The van der Waals surface area contributed by atoms with Crippen LogP contribution in [0, 0.1) is 12.8 Å². The van der Waals surface area contributed by atoms with Crippen molar-refractivity contribution in [2.75, 3.05) is 26.8 Å². The van der Waals surface area contributed by atoms with Crippen LogP contribution in [0.4, 0.5) is 0 Å². The van der Waals surface area contributed by atoms with Crippen LogP contribution < -0.4 is 14.8 Å². The predicted molar refractivity (Wildman–Crippen MR) is 119 cm³/mol. The third-order valence-electron chi connectivity index (χ3n) is 5.36. The Morgan fingerprint density at radius 2 is 1.77 bits per heavy atom. The van der Waals surface area contributed by atoms with Crippen LogP contribution >= 0.6 is 0 Å². The largest absolute Gasteiger partial charge is 0.497 e. The molecule has 8 heteroatoms. The quantitative estimate of drug-likeness (QED) is 0.674. The number of hydrogen-bond donors (Lipinski definition) is 1. The summed E-state index contributed by atoms with van der Waals surface area (Å²) in [4.78, 5) is 13.0. The number of nitrogens with one attached hydrogen (secondary N) is 1. The number of amides is 1. The lowest BCUT2D eigenvalue weighted by Gasteiger charge is -2.31. The minimum atomic E-state index is -3.66.